The van der Waals surface area contributed by atoms with Gasteiger partial charge in [0.25, 0.3) is 0 Å². The summed E-state index contributed by atoms with van der Waals surface area (Å²) in [6.45, 7) is 7.40. The van der Waals surface area contributed by atoms with E-state index in [0.29, 0.717) is 6.42 Å². The molecule has 10 nitrogen and oxygen atoms in total. The van der Waals surface area contributed by atoms with E-state index in [1.165, 1.54) is 6.92 Å². The van der Waals surface area contributed by atoms with Crippen LogP contribution in [0.3, 0.4) is 0 Å². The lowest BCUT2D eigenvalue weighted by Crippen LogP contribution is -2.67. The third-order valence-electron chi connectivity index (χ3n) is 8.96. The van der Waals surface area contributed by atoms with Crippen LogP contribution in [0.15, 0.2) is 0 Å². The number of aliphatic hydroxyl groups is 3. The van der Waals surface area contributed by atoms with Crippen LogP contribution < -0.4 is 0 Å². The molecule has 0 amide bonds. The van der Waals surface area contributed by atoms with E-state index in [0.717, 1.165) is 0 Å². The first-order valence-electron chi connectivity index (χ1n) is 10.7. The van der Waals surface area contributed by atoms with Crippen molar-refractivity contribution in [3.63, 3.8) is 0 Å². The van der Waals surface area contributed by atoms with Gasteiger partial charge in [0.2, 0.25) is 11.9 Å². The SMILES string of the molecule is C[C@H]1C(=O)OC2[C@@H](O)[C@]34C5CC(CC(C)(C)C)C36C(OC(=O)C6O)OC4(C(=O)O5)[C@@]21O. The number of hydrogen-bond acceptors (Lipinski definition) is 10. The minimum atomic E-state index is -2.24. The number of ether oxygens (including phenoxy) is 4. The van der Waals surface area contributed by atoms with Gasteiger partial charge in [0.15, 0.2) is 17.8 Å². The molecule has 2 spiro atoms. The average molecular weight is 438 g/mol. The molecule has 0 radical (unpaired) electrons. The van der Waals surface area contributed by atoms with Gasteiger partial charge in [-0.2, -0.15) is 0 Å². The van der Waals surface area contributed by atoms with E-state index in [4.69, 9.17) is 18.9 Å². The van der Waals surface area contributed by atoms with Crippen LogP contribution in [0.5, 0.6) is 0 Å². The summed E-state index contributed by atoms with van der Waals surface area (Å²) in [4.78, 5) is 38.3. The molecular formula is C21H26O10. The van der Waals surface area contributed by atoms with E-state index in [-0.39, 0.29) is 11.8 Å². The number of hydrogen-bond donors (Lipinski definition) is 3. The first-order chi connectivity index (χ1) is 14.3. The van der Waals surface area contributed by atoms with Crippen molar-refractivity contribution in [2.45, 2.75) is 82.4 Å². The molecule has 170 valence electrons. The molecule has 0 aromatic carbocycles. The molecule has 6 aliphatic rings. The highest BCUT2D eigenvalue weighted by atomic mass is 16.8. The van der Waals surface area contributed by atoms with Gasteiger partial charge in [-0.15, -0.1) is 0 Å². The summed E-state index contributed by atoms with van der Waals surface area (Å²) in [5.41, 5.74) is -7.94. The molecule has 2 aliphatic carbocycles. The quantitative estimate of drug-likeness (QED) is 0.344. The highest BCUT2D eigenvalue weighted by Gasteiger charge is 3.03. The lowest BCUT2D eigenvalue weighted by Gasteiger charge is -2.45. The number of rotatable bonds is 1. The van der Waals surface area contributed by atoms with E-state index in [1.54, 1.807) is 0 Å². The molecule has 6 fully saturated rings. The molecule has 0 bridgehead atoms. The van der Waals surface area contributed by atoms with Crippen LogP contribution in [-0.4, -0.2) is 75.1 Å². The van der Waals surface area contributed by atoms with Crippen LogP contribution >= 0.6 is 0 Å². The summed E-state index contributed by atoms with van der Waals surface area (Å²) in [6, 6.07) is 0. The Kier molecular flexibility index (Phi) is 3.26. The number of carbonyl (C=O) groups excluding carboxylic acids is 3. The molecule has 3 N–H and O–H groups in total. The maximum atomic E-state index is 13.4. The van der Waals surface area contributed by atoms with Gasteiger partial charge >= 0.3 is 17.9 Å². The first kappa shape index (κ1) is 19.9. The normalized spacial score (nSPS) is 58.5. The number of fused-ring (bicyclic) bond motifs is 1. The molecule has 4 aliphatic heterocycles. The predicted molar refractivity (Wildman–Crippen MR) is 96.6 cm³/mol. The van der Waals surface area contributed by atoms with Crippen LogP contribution in [0.4, 0.5) is 0 Å². The Balaban J connectivity index is 1.67. The van der Waals surface area contributed by atoms with Crippen molar-refractivity contribution in [3.8, 4) is 0 Å². The van der Waals surface area contributed by atoms with Gasteiger partial charge in [0.1, 0.15) is 12.2 Å². The summed E-state index contributed by atoms with van der Waals surface area (Å²) in [5, 5.41) is 34.8. The highest BCUT2D eigenvalue weighted by molar-refractivity contribution is 5.94. The van der Waals surface area contributed by atoms with Gasteiger partial charge in [0.05, 0.1) is 16.7 Å². The summed E-state index contributed by atoms with van der Waals surface area (Å²) < 4.78 is 22.6. The fourth-order valence-corrected chi connectivity index (χ4v) is 8.19. The maximum absolute atomic E-state index is 13.4. The van der Waals surface area contributed by atoms with Crippen LogP contribution in [0.25, 0.3) is 0 Å². The zero-order valence-electron chi connectivity index (χ0n) is 17.7. The lowest BCUT2D eigenvalue weighted by molar-refractivity contribution is -0.239. The monoisotopic (exact) mass is 438 g/mol. The van der Waals surface area contributed by atoms with Crippen LogP contribution in [0, 0.1) is 28.1 Å². The second-order valence-corrected chi connectivity index (χ2v) is 11.2. The topological polar surface area (TPSA) is 149 Å². The minimum absolute atomic E-state index is 0.240. The molecule has 11 atom stereocenters. The van der Waals surface area contributed by atoms with Crippen molar-refractivity contribution >= 4 is 17.9 Å². The Morgan fingerprint density at radius 1 is 1.06 bits per heavy atom. The van der Waals surface area contributed by atoms with Gasteiger partial charge in [0, 0.05) is 0 Å². The summed E-state index contributed by atoms with van der Waals surface area (Å²) >= 11 is 0. The molecule has 0 aromatic rings. The summed E-state index contributed by atoms with van der Waals surface area (Å²) in [6.07, 6.45) is -6.33. The van der Waals surface area contributed by atoms with Gasteiger partial charge in [-0.25, -0.2) is 9.59 Å². The van der Waals surface area contributed by atoms with E-state index in [1.807, 2.05) is 20.8 Å². The van der Waals surface area contributed by atoms with Crippen molar-refractivity contribution in [2.24, 2.45) is 28.1 Å². The van der Waals surface area contributed by atoms with Crippen molar-refractivity contribution in [2.75, 3.05) is 0 Å². The van der Waals surface area contributed by atoms with Crippen LogP contribution in [-0.2, 0) is 33.3 Å². The third kappa shape index (κ3) is 1.57. The Hall–Kier alpha value is -1.75. The number of carbonyl (C=O) groups is 3. The molecule has 6 rings (SSSR count). The fourth-order valence-electron chi connectivity index (χ4n) is 8.19. The zero-order chi connectivity index (χ0) is 22.5. The van der Waals surface area contributed by atoms with Crippen LogP contribution in [0.2, 0.25) is 0 Å². The number of esters is 3. The summed E-state index contributed by atoms with van der Waals surface area (Å²) in [7, 11) is 0. The smallest absolute Gasteiger partial charge is 0.343 e. The van der Waals surface area contributed by atoms with E-state index >= 15 is 0 Å². The summed E-state index contributed by atoms with van der Waals surface area (Å²) in [5.74, 6) is -4.25. The Morgan fingerprint density at radius 3 is 2.39 bits per heavy atom. The van der Waals surface area contributed by atoms with E-state index in [2.05, 4.69) is 0 Å². The Morgan fingerprint density at radius 2 is 1.74 bits per heavy atom. The largest absolute Gasteiger partial charge is 0.459 e. The van der Waals surface area contributed by atoms with Gasteiger partial charge in [-0.05, 0) is 31.1 Å². The minimum Gasteiger partial charge on any atom is -0.459 e. The van der Waals surface area contributed by atoms with Crippen molar-refractivity contribution < 1.29 is 48.7 Å². The van der Waals surface area contributed by atoms with Gasteiger partial charge in [-0.1, -0.05) is 20.8 Å². The molecule has 31 heavy (non-hydrogen) atoms. The van der Waals surface area contributed by atoms with E-state index in [9.17, 15) is 29.7 Å². The lowest BCUT2D eigenvalue weighted by atomic mass is 9.52. The molecule has 7 unspecified atom stereocenters. The average Bonchev–Trinajstić information content (AvgIpc) is 3.35. The van der Waals surface area contributed by atoms with Gasteiger partial charge < -0.3 is 34.3 Å². The van der Waals surface area contributed by atoms with Gasteiger partial charge in [-0.3, -0.25) is 4.79 Å². The zero-order valence-corrected chi connectivity index (χ0v) is 17.7. The first-order valence-corrected chi connectivity index (χ1v) is 10.7. The van der Waals surface area contributed by atoms with Crippen molar-refractivity contribution in [3.05, 3.63) is 0 Å². The van der Waals surface area contributed by atoms with Crippen molar-refractivity contribution in [1.29, 1.82) is 0 Å². The van der Waals surface area contributed by atoms with Crippen molar-refractivity contribution in [1.82, 2.24) is 0 Å². The molecule has 0 aromatic heterocycles. The molecular weight excluding hydrogens is 412 g/mol. The molecule has 10 heteroatoms. The third-order valence-corrected chi connectivity index (χ3v) is 8.96. The van der Waals surface area contributed by atoms with Crippen LogP contribution in [0.1, 0.15) is 40.5 Å². The highest BCUT2D eigenvalue weighted by Crippen LogP contribution is 2.83. The standard InChI is InChI=1S/C21H26O10/c1-7-13(24)29-12-10(22)19-9-5-8(6-17(2,3)4)18(19)11(23)14(25)30-16(18)31-21(19,15(26)28-9)20(7,12)27/h7-12,16,22-23,27H,5-6H2,1-4H3/t7-,8?,9?,10+,11?,12?,16?,18?,19+,20-,21?/m0/s1. The predicted octanol–water partition coefficient (Wildman–Crippen LogP) is -0.979. The van der Waals surface area contributed by atoms with E-state index < -0.39 is 82.5 Å². The number of aliphatic hydroxyl groups excluding tert-OH is 2. The Labute approximate surface area is 177 Å². The maximum Gasteiger partial charge on any atom is 0.343 e. The fraction of sp³-hybridized carbons (Fsp3) is 0.857. The molecule has 4 saturated heterocycles. The molecule has 2 saturated carbocycles. The molecule has 4 heterocycles. The second-order valence-electron chi connectivity index (χ2n) is 11.2. The second kappa shape index (κ2) is 5.08. The Bertz CT molecular complexity index is 941.